The maximum Gasteiger partial charge on any atom is 0.0541 e. The van der Waals surface area contributed by atoms with Crippen LogP contribution in [0.15, 0.2) is 249 Å². The Balaban J connectivity index is 1.15. The van der Waals surface area contributed by atoms with Gasteiger partial charge in [-0.25, -0.2) is 0 Å². The second-order valence-electron chi connectivity index (χ2n) is 16.4. The first-order chi connectivity index (χ1) is 31.2. The van der Waals surface area contributed by atoms with Crippen molar-refractivity contribution in [2.24, 2.45) is 0 Å². The Labute approximate surface area is 367 Å². The maximum atomic E-state index is 2.49. The van der Waals surface area contributed by atoms with Crippen LogP contribution < -0.4 is 0 Å². The Kier molecular flexibility index (Phi) is 8.90. The van der Waals surface area contributed by atoms with Crippen molar-refractivity contribution in [3.05, 3.63) is 249 Å². The smallest absolute Gasteiger partial charge is 0.0541 e. The normalized spacial score (nSPS) is 11.5. The van der Waals surface area contributed by atoms with Gasteiger partial charge >= 0.3 is 0 Å². The minimum atomic E-state index is 1.12. The molecule has 1 heteroatoms. The van der Waals surface area contributed by atoms with Crippen LogP contribution in [0.3, 0.4) is 0 Å². The zero-order chi connectivity index (χ0) is 41.7. The number of benzene rings is 11. The first-order valence-electron chi connectivity index (χ1n) is 21.7. The summed E-state index contributed by atoms with van der Waals surface area (Å²) in [7, 11) is 0. The standard InChI is InChI=1S/C62H41N/c1-3-17-42(18-4-1)51-27-11-13-29-55(51)46-33-35-61-59(40-46)60-41-47(56-30-14-12-28-52(56)43-19-5-2-6-20-43)34-36-62(60)63(61)50-38-48(57-31-15-23-44-21-7-9-25-53(44)57)37-49(39-50)58-32-16-24-45-22-8-10-26-54(45)58/h1-41H. The molecule has 1 heterocycles. The first-order valence-corrected chi connectivity index (χ1v) is 21.7. The third-order valence-electron chi connectivity index (χ3n) is 12.8. The molecule has 0 unspecified atom stereocenters. The largest absolute Gasteiger partial charge is 0.309 e. The van der Waals surface area contributed by atoms with Gasteiger partial charge in [-0.3, -0.25) is 0 Å². The summed E-state index contributed by atoms with van der Waals surface area (Å²) < 4.78 is 2.49. The van der Waals surface area contributed by atoms with Crippen molar-refractivity contribution in [1.82, 2.24) is 4.57 Å². The van der Waals surface area contributed by atoms with Crippen molar-refractivity contribution in [2.45, 2.75) is 0 Å². The summed E-state index contributed by atoms with van der Waals surface area (Å²) in [5, 5.41) is 7.38. The van der Waals surface area contributed by atoms with Gasteiger partial charge in [0.2, 0.25) is 0 Å². The van der Waals surface area contributed by atoms with Crippen LogP contribution in [0.25, 0.3) is 116 Å². The molecule has 0 aliphatic carbocycles. The molecule has 0 bridgehead atoms. The Bertz CT molecular complexity index is 3420. The van der Waals surface area contributed by atoms with Crippen molar-refractivity contribution >= 4 is 43.4 Å². The molecule has 294 valence electrons. The lowest BCUT2D eigenvalue weighted by Gasteiger charge is -2.16. The minimum absolute atomic E-state index is 1.12. The van der Waals surface area contributed by atoms with Gasteiger partial charge in [0, 0.05) is 16.5 Å². The molecule has 0 aliphatic heterocycles. The molecule has 0 saturated carbocycles. The predicted octanol–water partition coefficient (Wildman–Crippen LogP) is 17.1. The summed E-state index contributed by atoms with van der Waals surface area (Å²) in [4.78, 5) is 0. The van der Waals surface area contributed by atoms with Crippen molar-refractivity contribution in [2.75, 3.05) is 0 Å². The third kappa shape index (κ3) is 6.42. The highest BCUT2D eigenvalue weighted by Crippen LogP contribution is 2.43. The van der Waals surface area contributed by atoms with Gasteiger partial charge < -0.3 is 4.57 Å². The van der Waals surface area contributed by atoms with Gasteiger partial charge in [-0.2, -0.15) is 0 Å². The molecule has 12 aromatic rings. The van der Waals surface area contributed by atoms with E-state index in [2.05, 4.69) is 253 Å². The molecular formula is C62H41N. The van der Waals surface area contributed by atoms with Crippen LogP contribution >= 0.6 is 0 Å². The van der Waals surface area contributed by atoms with Gasteiger partial charge in [-0.05, 0) is 131 Å². The fourth-order valence-electron chi connectivity index (χ4n) is 9.85. The average molecular weight is 800 g/mol. The van der Waals surface area contributed by atoms with Crippen molar-refractivity contribution < 1.29 is 0 Å². The van der Waals surface area contributed by atoms with Crippen LogP contribution in [0.1, 0.15) is 0 Å². The summed E-state index contributed by atoms with van der Waals surface area (Å²) >= 11 is 0. The Morgan fingerprint density at radius 3 is 1.03 bits per heavy atom. The van der Waals surface area contributed by atoms with Gasteiger partial charge in [0.25, 0.3) is 0 Å². The lowest BCUT2D eigenvalue weighted by atomic mass is 9.92. The fraction of sp³-hybridized carbons (Fsp3) is 0. The van der Waals surface area contributed by atoms with E-state index in [0.717, 1.165) is 5.69 Å². The average Bonchev–Trinajstić information content (AvgIpc) is 3.69. The van der Waals surface area contributed by atoms with Crippen LogP contribution in [0.4, 0.5) is 0 Å². The van der Waals surface area contributed by atoms with Crippen LogP contribution in [0.2, 0.25) is 0 Å². The summed E-state index contributed by atoms with van der Waals surface area (Å²) in [6.07, 6.45) is 0. The second-order valence-corrected chi connectivity index (χ2v) is 16.4. The molecule has 1 nitrogen and oxygen atoms in total. The molecule has 1 aromatic heterocycles. The molecule has 12 rings (SSSR count). The molecular weight excluding hydrogens is 759 g/mol. The zero-order valence-corrected chi connectivity index (χ0v) is 34.6. The highest BCUT2D eigenvalue weighted by Gasteiger charge is 2.19. The second kappa shape index (κ2) is 15.3. The molecule has 0 radical (unpaired) electrons. The fourth-order valence-corrected chi connectivity index (χ4v) is 9.85. The SMILES string of the molecule is c1ccc(-c2ccccc2-c2ccc3c(c2)c2cc(-c4ccccc4-c4ccccc4)ccc2n3-c2cc(-c3cccc4ccccc34)cc(-c3cccc4ccccc34)c2)cc1. The van der Waals surface area contributed by atoms with Gasteiger partial charge in [-0.15, -0.1) is 0 Å². The molecule has 63 heavy (non-hydrogen) atoms. The third-order valence-corrected chi connectivity index (χ3v) is 12.8. The number of fused-ring (bicyclic) bond motifs is 5. The van der Waals surface area contributed by atoms with E-state index >= 15 is 0 Å². The van der Waals surface area contributed by atoms with Crippen LogP contribution in [-0.4, -0.2) is 4.57 Å². The highest BCUT2D eigenvalue weighted by atomic mass is 15.0. The van der Waals surface area contributed by atoms with E-state index in [0.29, 0.717) is 0 Å². The van der Waals surface area contributed by atoms with Gasteiger partial charge in [-0.1, -0.05) is 206 Å². The topological polar surface area (TPSA) is 4.93 Å². The van der Waals surface area contributed by atoms with E-state index in [1.54, 1.807) is 0 Å². The molecule has 0 fully saturated rings. The van der Waals surface area contributed by atoms with E-state index in [4.69, 9.17) is 0 Å². The quantitative estimate of drug-likeness (QED) is 0.151. The van der Waals surface area contributed by atoms with Crippen LogP contribution in [-0.2, 0) is 0 Å². The lowest BCUT2D eigenvalue weighted by molar-refractivity contribution is 1.18. The van der Waals surface area contributed by atoms with E-state index in [1.165, 1.54) is 110 Å². The van der Waals surface area contributed by atoms with Crippen LogP contribution in [0.5, 0.6) is 0 Å². The molecule has 0 atom stereocenters. The Morgan fingerprint density at radius 2 is 0.571 bits per heavy atom. The Hall–Kier alpha value is -8.26. The van der Waals surface area contributed by atoms with E-state index in [-0.39, 0.29) is 0 Å². The van der Waals surface area contributed by atoms with Gasteiger partial charge in [0.1, 0.15) is 0 Å². The van der Waals surface area contributed by atoms with Crippen molar-refractivity contribution in [3.8, 4) is 72.4 Å². The van der Waals surface area contributed by atoms with Crippen molar-refractivity contribution in [3.63, 3.8) is 0 Å². The summed E-state index contributed by atoms with van der Waals surface area (Å²) in [6.45, 7) is 0. The maximum absolute atomic E-state index is 2.49. The first kappa shape index (κ1) is 36.6. The van der Waals surface area contributed by atoms with Crippen LogP contribution in [0, 0.1) is 0 Å². The molecule has 0 spiro atoms. The summed E-state index contributed by atoms with van der Waals surface area (Å²) in [6, 6.07) is 91.2. The Morgan fingerprint density at radius 1 is 0.206 bits per heavy atom. The van der Waals surface area contributed by atoms with E-state index < -0.39 is 0 Å². The van der Waals surface area contributed by atoms with Crippen molar-refractivity contribution in [1.29, 1.82) is 0 Å². The highest BCUT2D eigenvalue weighted by molar-refractivity contribution is 6.13. The zero-order valence-electron chi connectivity index (χ0n) is 34.6. The predicted molar refractivity (Wildman–Crippen MR) is 268 cm³/mol. The molecule has 0 amide bonds. The van der Waals surface area contributed by atoms with E-state index in [1.807, 2.05) is 0 Å². The number of rotatable bonds is 7. The molecule has 11 aromatic carbocycles. The number of nitrogens with zero attached hydrogens (tertiary/aromatic N) is 1. The number of hydrogen-bond donors (Lipinski definition) is 0. The molecule has 0 N–H and O–H groups in total. The van der Waals surface area contributed by atoms with Gasteiger partial charge in [0.15, 0.2) is 0 Å². The molecule has 0 aliphatic rings. The molecule has 0 saturated heterocycles. The minimum Gasteiger partial charge on any atom is -0.309 e. The summed E-state index contributed by atoms with van der Waals surface area (Å²) in [5.41, 5.74) is 17.9. The number of aromatic nitrogens is 1. The summed E-state index contributed by atoms with van der Waals surface area (Å²) in [5.74, 6) is 0. The lowest BCUT2D eigenvalue weighted by Crippen LogP contribution is -1.97. The number of hydrogen-bond acceptors (Lipinski definition) is 0. The van der Waals surface area contributed by atoms with E-state index in [9.17, 15) is 0 Å². The van der Waals surface area contributed by atoms with Gasteiger partial charge in [0.05, 0.1) is 11.0 Å². The monoisotopic (exact) mass is 799 g/mol.